The molecule has 148 valence electrons. The third kappa shape index (κ3) is 3.56. The largest absolute Gasteiger partial charge is 0.476 e. The molecule has 1 unspecified atom stereocenters. The van der Waals surface area contributed by atoms with Crippen molar-refractivity contribution in [3.63, 3.8) is 0 Å². The van der Waals surface area contributed by atoms with Crippen molar-refractivity contribution < 1.29 is 17.9 Å². The lowest BCUT2D eigenvalue weighted by atomic mass is 10.1. The average Bonchev–Trinajstić information content (AvgIpc) is 2.73. The van der Waals surface area contributed by atoms with Crippen LogP contribution in [0, 0.1) is 0 Å². The van der Waals surface area contributed by atoms with Gasteiger partial charge < -0.3 is 9.64 Å². The van der Waals surface area contributed by atoms with E-state index in [4.69, 9.17) is 16.3 Å². The highest BCUT2D eigenvalue weighted by Gasteiger charge is 2.39. The van der Waals surface area contributed by atoms with Crippen LogP contribution >= 0.6 is 11.6 Å². The number of para-hydroxylation sites is 2. The number of halogens is 1. The highest BCUT2D eigenvalue weighted by molar-refractivity contribution is 7.92. The fourth-order valence-corrected chi connectivity index (χ4v) is 5.21. The molecule has 6 nitrogen and oxygen atoms in total. The fourth-order valence-electron chi connectivity index (χ4n) is 3.61. The Balaban J connectivity index is 1.69. The average molecular weight is 421 g/mol. The number of amides is 1. The number of fused-ring (bicyclic) bond motifs is 1. The molecule has 1 atom stereocenters. The molecule has 0 saturated carbocycles. The lowest BCUT2D eigenvalue weighted by Gasteiger charge is -2.37. The third-order valence-corrected chi connectivity index (χ3v) is 7.13. The second kappa shape index (κ2) is 7.64. The molecule has 0 spiro atoms. The highest BCUT2D eigenvalue weighted by Crippen LogP contribution is 2.37. The molecule has 1 fully saturated rings. The van der Waals surface area contributed by atoms with Gasteiger partial charge in [0.15, 0.2) is 6.10 Å². The molecule has 0 aromatic heterocycles. The van der Waals surface area contributed by atoms with E-state index in [1.807, 2.05) is 0 Å². The number of hydrogen-bond acceptors (Lipinski definition) is 4. The first-order valence-electron chi connectivity index (χ1n) is 9.29. The molecule has 0 bridgehead atoms. The molecule has 2 aromatic carbocycles. The van der Waals surface area contributed by atoms with E-state index < -0.39 is 16.1 Å². The standard InChI is InChI=1S/C20H21ClN2O4S/c21-15-8-10-16(11-9-15)28(25,26)23-14-19(20(24)22-12-4-1-5-13-22)27-18-7-3-2-6-17(18)23/h2-3,6-11,19H,1,4-5,12-14H2. The van der Waals surface area contributed by atoms with Gasteiger partial charge in [0.2, 0.25) is 0 Å². The summed E-state index contributed by atoms with van der Waals surface area (Å²) in [6.45, 7) is 1.31. The van der Waals surface area contributed by atoms with Gasteiger partial charge in [-0.2, -0.15) is 0 Å². The van der Waals surface area contributed by atoms with Crippen LogP contribution in [0.2, 0.25) is 5.02 Å². The van der Waals surface area contributed by atoms with Crippen molar-refractivity contribution in [2.75, 3.05) is 23.9 Å². The summed E-state index contributed by atoms with van der Waals surface area (Å²) >= 11 is 5.90. The van der Waals surface area contributed by atoms with Crippen LogP contribution < -0.4 is 9.04 Å². The summed E-state index contributed by atoms with van der Waals surface area (Å²) < 4.78 is 33.8. The van der Waals surface area contributed by atoms with E-state index in [0.29, 0.717) is 29.5 Å². The molecule has 2 heterocycles. The number of piperidine rings is 1. The minimum Gasteiger partial charge on any atom is -0.476 e. The predicted molar refractivity (Wildman–Crippen MR) is 107 cm³/mol. The summed E-state index contributed by atoms with van der Waals surface area (Å²) in [4.78, 5) is 14.9. The van der Waals surface area contributed by atoms with E-state index in [2.05, 4.69) is 0 Å². The van der Waals surface area contributed by atoms with E-state index in [-0.39, 0.29) is 17.3 Å². The summed E-state index contributed by atoms with van der Waals surface area (Å²) in [7, 11) is -3.87. The van der Waals surface area contributed by atoms with Gasteiger partial charge in [-0.05, 0) is 55.7 Å². The Hall–Kier alpha value is -2.25. The van der Waals surface area contributed by atoms with Gasteiger partial charge in [0.25, 0.3) is 15.9 Å². The molecule has 1 amide bonds. The van der Waals surface area contributed by atoms with Crippen molar-refractivity contribution in [2.45, 2.75) is 30.3 Å². The van der Waals surface area contributed by atoms with E-state index in [9.17, 15) is 13.2 Å². The smallest absolute Gasteiger partial charge is 0.265 e. The Morgan fingerprint density at radius 3 is 2.39 bits per heavy atom. The van der Waals surface area contributed by atoms with Gasteiger partial charge >= 0.3 is 0 Å². The first kappa shape index (κ1) is 19.1. The molecular formula is C20H21ClN2O4S. The summed E-state index contributed by atoms with van der Waals surface area (Å²) in [5.74, 6) is 0.229. The molecule has 8 heteroatoms. The van der Waals surface area contributed by atoms with Gasteiger partial charge in [-0.25, -0.2) is 8.42 Å². The minimum absolute atomic E-state index is 0.0582. The first-order valence-corrected chi connectivity index (χ1v) is 11.1. The number of nitrogens with zero attached hydrogens (tertiary/aromatic N) is 2. The zero-order valence-corrected chi connectivity index (χ0v) is 16.8. The Labute approximate surface area is 169 Å². The molecule has 28 heavy (non-hydrogen) atoms. The first-order chi connectivity index (χ1) is 13.5. The lowest BCUT2D eigenvalue weighted by molar-refractivity contribution is -0.139. The van der Waals surface area contributed by atoms with E-state index in [1.165, 1.54) is 28.6 Å². The van der Waals surface area contributed by atoms with Crippen LogP contribution in [-0.2, 0) is 14.8 Å². The van der Waals surface area contributed by atoms with Crippen LogP contribution in [0.25, 0.3) is 0 Å². The number of hydrogen-bond donors (Lipinski definition) is 0. The Kier molecular flexibility index (Phi) is 5.21. The maximum Gasteiger partial charge on any atom is 0.265 e. The number of carbonyl (C=O) groups is 1. The van der Waals surface area contributed by atoms with Crippen molar-refractivity contribution in [3.8, 4) is 5.75 Å². The number of benzene rings is 2. The van der Waals surface area contributed by atoms with Crippen LogP contribution in [0.5, 0.6) is 5.75 Å². The minimum atomic E-state index is -3.87. The maximum atomic E-state index is 13.3. The maximum absolute atomic E-state index is 13.3. The van der Waals surface area contributed by atoms with Crippen molar-refractivity contribution in [2.24, 2.45) is 0 Å². The van der Waals surface area contributed by atoms with Gasteiger partial charge in [0, 0.05) is 18.1 Å². The fraction of sp³-hybridized carbons (Fsp3) is 0.350. The summed E-state index contributed by atoms with van der Waals surface area (Å²) in [6, 6.07) is 12.9. The Morgan fingerprint density at radius 2 is 1.68 bits per heavy atom. The van der Waals surface area contributed by atoms with Crippen LogP contribution in [0.4, 0.5) is 5.69 Å². The van der Waals surface area contributed by atoms with E-state index >= 15 is 0 Å². The molecule has 4 rings (SSSR count). The molecule has 0 radical (unpaired) electrons. The van der Waals surface area contributed by atoms with Gasteiger partial charge in [0.1, 0.15) is 5.75 Å². The Bertz CT molecular complexity index is 972. The third-order valence-electron chi connectivity index (χ3n) is 5.08. The predicted octanol–water partition coefficient (Wildman–Crippen LogP) is 3.31. The molecule has 2 aromatic rings. The van der Waals surface area contributed by atoms with E-state index in [0.717, 1.165) is 19.3 Å². The van der Waals surface area contributed by atoms with Gasteiger partial charge in [0.05, 0.1) is 17.1 Å². The van der Waals surface area contributed by atoms with Gasteiger partial charge in [-0.1, -0.05) is 23.7 Å². The highest BCUT2D eigenvalue weighted by atomic mass is 35.5. The molecule has 1 saturated heterocycles. The lowest BCUT2D eigenvalue weighted by Crippen LogP contribution is -2.52. The van der Waals surface area contributed by atoms with Crippen molar-refractivity contribution in [3.05, 3.63) is 53.6 Å². The molecule has 0 N–H and O–H groups in total. The van der Waals surface area contributed by atoms with Gasteiger partial charge in [-0.15, -0.1) is 0 Å². The molecule has 2 aliphatic rings. The quantitative estimate of drug-likeness (QED) is 0.764. The summed E-state index contributed by atoms with van der Waals surface area (Å²) in [5, 5.41) is 0.458. The Morgan fingerprint density at radius 1 is 1.00 bits per heavy atom. The molecular weight excluding hydrogens is 400 g/mol. The van der Waals surface area contributed by atoms with Crippen molar-refractivity contribution in [1.82, 2.24) is 4.90 Å². The number of anilines is 1. The van der Waals surface area contributed by atoms with Crippen molar-refractivity contribution in [1.29, 1.82) is 0 Å². The van der Waals surface area contributed by atoms with Crippen LogP contribution in [0.15, 0.2) is 53.4 Å². The monoisotopic (exact) mass is 420 g/mol. The van der Waals surface area contributed by atoms with E-state index in [1.54, 1.807) is 29.2 Å². The van der Waals surface area contributed by atoms with Gasteiger partial charge in [-0.3, -0.25) is 9.10 Å². The number of likely N-dealkylation sites (tertiary alicyclic amines) is 1. The normalized spacial score (nSPS) is 19.7. The number of rotatable bonds is 3. The number of ether oxygens (including phenoxy) is 1. The van der Waals surface area contributed by atoms with Crippen LogP contribution in [0.1, 0.15) is 19.3 Å². The second-order valence-corrected chi connectivity index (χ2v) is 9.25. The molecule has 2 aliphatic heterocycles. The summed E-state index contributed by atoms with van der Waals surface area (Å²) in [6.07, 6.45) is 2.16. The topological polar surface area (TPSA) is 66.9 Å². The summed E-state index contributed by atoms with van der Waals surface area (Å²) in [5.41, 5.74) is 0.431. The van der Waals surface area contributed by atoms with Crippen LogP contribution in [0.3, 0.4) is 0 Å². The van der Waals surface area contributed by atoms with Crippen molar-refractivity contribution >= 4 is 33.2 Å². The molecule has 0 aliphatic carbocycles. The number of carbonyl (C=O) groups excluding carboxylic acids is 1. The number of sulfonamides is 1. The second-order valence-electron chi connectivity index (χ2n) is 6.95. The zero-order chi connectivity index (χ0) is 19.7. The zero-order valence-electron chi connectivity index (χ0n) is 15.3. The van der Waals surface area contributed by atoms with Crippen LogP contribution in [-0.4, -0.2) is 45.0 Å². The SMILES string of the molecule is O=C(C1CN(S(=O)(=O)c2ccc(Cl)cc2)c2ccccc2O1)N1CCCCC1.